The van der Waals surface area contributed by atoms with E-state index in [1.165, 1.54) is 30.7 Å². The molecule has 0 saturated carbocycles. The first-order valence-electron chi connectivity index (χ1n) is 9.82. The molecule has 5 rings (SSSR count). The summed E-state index contributed by atoms with van der Waals surface area (Å²) in [7, 11) is -2.31. The Morgan fingerprint density at radius 2 is 2.06 bits per heavy atom. The van der Waals surface area contributed by atoms with Gasteiger partial charge >= 0.3 is 0 Å². The second kappa shape index (κ2) is 7.54. The number of nitrogens with two attached hydrogens (primary N) is 1. The lowest BCUT2D eigenvalue weighted by atomic mass is 10.0. The fraction of sp³-hybridized carbons (Fsp3) is 0.182. The minimum absolute atomic E-state index is 0.114. The molecule has 170 valence electrons. The maximum atomic E-state index is 15.2. The zero-order valence-corrected chi connectivity index (χ0v) is 19.9. The molecule has 1 unspecified atom stereocenters. The maximum Gasteiger partial charge on any atom is 0.239 e. The molecule has 0 saturated heterocycles. The number of hydrogen-bond donors (Lipinski definition) is 1. The van der Waals surface area contributed by atoms with Crippen molar-refractivity contribution in [2.24, 2.45) is 10.7 Å². The average Bonchev–Trinajstić information content (AvgIpc) is 3.41. The second-order valence-corrected chi connectivity index (χ2v) is 11.4. The standard InChI is InChI=1S/C22H18ClFN4O3S2/c1-22(11-33(29,30)28(2)21(25)27-22)20-17(23)15-5-7-26-18(19(15)32-20)14-4-3-12(9-16(14)24)13-6-8-31-10-13/h3-10H,11H2,1-2H3,(H2,25,27). The monoisotopic (exact) mass is 504 g/mol. The summed E-state index contributed by atoms with van der Waals surface area (Å²) >= 11 is 7.95. The zero-order valence-electron chi connectivity index (χ0n) is 17.5. The van der Waals surface area contributed by atoms with Gasteiger partial charge in [0.25, 0.3) is 0 Å². The highest BCUT2D eigenvalue weighted by Gasteiger charge is 2.43. The normalized spacial score (nSPS) is 20.2. The van der Waals surface area contributed by atoms with E-state index in [0.717, 1.165) is 9.87 Å². The summed E-state index contributed by atoms with van der Waals surface area (Å²) < 4.78 is 47.1. The van der Waals surface area contributed by atoms with Crippen LogP contribution in [0.3, 0.4) is 0 Å². The summed E-state index contributed by atoms with van der Waals surface area (Å²) in [6.45, 7) is 1.67. The Bertz CT molecular complexity index is 1530. The molecule has 1 aromatic carbocycles. The minimum atomic E-state index is -3.67. The zero-order chi connectivity index (χ0) is 23.5. The Balaban J connectivity index is 1.67. The molecule has 3 aromatic heterocycles. The van der Waals surface area contributed by atoms with Crippen LogP contribution in [0.1, 0.15) is 11.8 Å². The van der Waals surface area contributed by atoms with E-state index in [1.807, 2.05) is 0 Å². The van der Waals surface area contributed by atoms with E-state index in [2.05, 4.69) is 9.98 Å². The molecule has 1 atom stereocenters. The SMILES string of the molecule is CN1C(N)=NC(C)(c2sc3c(-c4ccc(-c5ccoc5)cc4F)nccc3c2Cl)CS1(=O)=O. The number of sulfonamides is 1. The Kier molecular flexibility index (Phi) is 5.00. The molecule has 4 aromatic rings. The minimum Gasteiger partial charge on any atom is -0.472 e. The number of halogens is 2. The molecule has 4 heterocycles. The Morgan fingerprint density at radius 1 is 1.27 bits per heavy atom. The molecule has 33 heavy (non-hydrogen) atoms. The fourth-order valence-electron chi connectivity index (χ4n) is 3.91. The summed E-state index contributed by atoms with van der Waals surface area (Å²) in [5.41, 5.74) is 6.88. The highest BCUT2D eigenvalue weighted by Crippen LogP contribution is 2.47. The molecule has 0 radical (unpaired) electrons. The lowest BCUT2D eigenvalue weighted by Gasteiger charge is -2.33. The van der Waals surface area contributed by atoms with Crippen LogP contribution in [-0.2, 0) is 15.6 Å². The molecule has 7 nitrogen and oxygen atoms in total. The van der Waals surface area contributed by atoms with Crippen molar-refractivity contribution in [2.75, 3.05) is 12.8 Å². The van der Waals surface area contributed by atoms with Crippen molar-refractivity contribution < 1.29 is 17.2 Å². The van der Waals surface area contributed by atoms with Crippen LogP contribution in [0, 0.1) is 5.82 Å². The fourth-order valence-corrected chi connectivity index (χ4v) is 7.26. The lowest BCUT2D eigenvalue weighted by Crippen LogP contribution is -2.50. The molecule has 0 spiro atoms. The molecular formula is C22H18ClFN4O3S2. The third-order valence-corrected chi connectivity index (χ3v) is 9.60. The number of pyridine rings is 1. The van der Waals surface area contributed by atoms with Gasteiger partial charge in [0.05, 0.1) is 38.6 Å². The van der Waals surface area contributed by atoms with Gasteiger partial charge in [-0.15, -0.1) is 11.3 Å². The molecule has 1 aliphatic rings. The molecule has 0 bridgehead atoms. The molecule has 0 fully saturated rings. The number of furan rings is 1. The predicted molar refractivity (Wildman–Crippen MR) is 128 cm³/mol. The van der Waals surface area contributed by atoms with Crippen LogP contribution in [-0.4, -0.2) is 36.5 Å². The number of aliphatic imine (C=N–C) groups is 1. The van der Waals surface area contributed by atoms with Crippen LogP contribution in [0.2, 0.25) is 5.02 Å². The Hall–Kier alpha value is -2.95. The van der Waals surface area contributed by atoms with Gasteiger partial charge in [-0.25, -0.2) is 22.1 Å². The highest BCUT2D eigenvalue weighted by molar-refractivity contribution is 7.89. The first-order chi connectivity index (χ1) is 15.6. The van der Waals surface area contributed by atoms with Gasteiger partial charge in [0.1, 0.15) is 11.4 Å². The predicted octanol–water partition coefficient (Wildman–Crippen LogP) is 4.82. The van der Waals surface area contributed by atoms with Gasteiger partial charge < -0.3 is 10.2 Å². The number of thiophene rings is 1. The lowest BCUT2D eigenvalue weighted by molar-refractivity contribution is 0.482. The van der Waals surface area contributed by atoms with E-state index in [4.69, 9.17) is 21.8 Å². The Labute approximate surface area is 198 Å². The smallest absolute Gasteiger partial charge is 0.239 e. The van der Waals surface area contributed by atoms with Crippen LogP contribution in [0.25, 0.3) is 32.5 Å². The van der Waals surface area contributed by atoms with Crippen molar-refractivity contribution in [3.63, 3.8) is 0 Å². The van der Waals surface area contributed by atoms with E-state index in [1.54, 1.807) is 43.6 Å². The van der Waals surface area contributed by atoms with Crippen LogP contribution in [0.15, 0.2) is 58.5 Å². The van der Waals surface area contributed by atoms with Crippen LogP contribution < -0.4 is 5.73 Å². The summed E-state index contributed by atoms with van der Waals surface area (Å²) in [4.78, 5) is 9.39. The number of hydrogen-bond acceptors (Lipinski definition) is 7. The average molecular weight is 505 g/mol. The van der Waals surface area contributed by atoms with Gasteiger partial charge in [0.15, 0.2) is 0 Å². The molecular weight excluding hydrogens is 487 g/mol. The second-order valence-electron chi connectivity index (χ2n) is 7.96. The van der Waals surface area contributed by atoms with Crippen molar-refractivity contribution in [2.45, 2.75) is 12.5 Å². The Morgan fingerprint density at radius 3 is 2.73 bits per heavy atom. The number of aromatic nitrogens is 1. The number of nitrogens with zero attached hydrogens (tertiary/aromatic N) is 3. The van der Waals surface area contributed by atoms with Gasteiger partial charge in [0, 0.05) is 29.8 Å². The highest BCUT2D eigenvalue weighted by atomic mass is 35.5. The molecule has 0 aliphatic carbocycles. The summed E-state index contributed by atoms with van der Waals surface area (Å²) in [6.07, 6.45) is 4.62. The van der Waals surface area contributed by atoms with Crippen LogP contribution in [0.4, 0.5) is 4.39 Å². The van der Waals surface area contributed by atoms with Gasteiger partial charge in [-0.3, -0.25) is 4.98 Å². The van der Waals surface area contributed by atoms with Gasteiger partial charge in [0.2, 0.25) is 16.0 Å². The van der Waals surface area contributed by atoms with Crippen molar-refractivity contribution >= 4 is 49.0 Å². The van der Waals surface area contributed by atoms with Crippen LogP contribution >= 0.6 is 22.9 Å². The molecule has 0 amide bonds. The number of guanidine groups is 1. The maximum absolute atomic E-state index is 15.2. The molecule has 11 heteroatoms. The van der Waals surface area contributed by atoms with E-state index >= 15 is 4.39 Å². The van der Waals surface area contributed by atoms with E-state index < -0.39 is 21.4 Å². The van der Waals surface area contributed by atoms with Gasteiger partial charge in [-0.05, 0) is 36.8 Å². The van der Waals surface area contributed by atoms with E-state index in [9.17, 15) is 8.42 Å². The molecule has 2 N–H and O–H groups in total. The first kappa shape index (κ1) is 21.9. The van der Waals surface area contributed by atoms with Crippen LogP contribution in [0.5, 0.6) is 0 Å². The van der Waals surface area contributed by atoms with Crippen molar-refractivity contribution in [1.82, 2.24) is 9.29 Å². The molecule has 1 aliphatic heterocycles. The summed E-state index contributed by atoms with van der Waals surface area (Å²) in [5.74, 6) is -0.855. The van der Waals surface area contributed by atoms with E-state index in [0.29, 0.717) is 36.8 Å². The summed E-state index contributed by atoms with van der Waals surface area (Å²) in [5, 5.41) is 0.999. The third kappa shape index (κ3) is 3.49. The first-order valence-corrected chi connectivity index (χ1v) is 12.6. The van der Waals surface area contributed by atoms with E-state index in [-0.39, 0.29) is 11.7 Å². The van der Waals surface area contributed by atoms with Crippen molar-refractivity contribution in [1.29, 1.82) is 0 Å². The number of rotatable bonds is 3. The quantitative estimate of drug-likeness (QED) is 0.431. The largest absolute Gasteiger partial charge is 0.472 e. The number of fused-ring (bicyclic) bond motifs is 1. The summed E-state index contributed by atoms with van der Waals surface area (Å²) in [6, 6.07) is 8.34. The third-order valence-electron chi connectivity index (χ3n) is 5.68. The van der Waals surface area contributed by atoms with Crippen molar-refractivity contribution in [3.8, 4) is 22.4 Å². The van der Waals surface area contributed by atoms with Gasteiger partial charge in [-0.1, -0.05) is 17.7 Å². The van der Waals surface area contributed by atoms with Gasteiger partial charge in [-0.2, -0.15) is 0 Å². The number of benzene rings is 1. The topological polar surface area (TPSA) is 102 Å². The van der Waals surface area contributed by atoms with Crippen molar-refractivity contribution in [3.05, 3.63) is 64.8 Å².